The SMILES string of the molecule is CCn1c(=O)n(CC(=O)N2CCC[C@H]3CCCC[C@H]32)c2cccnc21. The van der Waals surface area contributed by atoms with Crippen LogP contribution in [0.5, 0.6) is 0 Å². The molecule has 0 bridgehead atoms. The lowest BCUT2D eigenvalue weighted by Gasteiger charge is -2.44. The monoisotopic (exact) mass is 342 g/mol. The van der Waals surface area contributed by atoms with Crippen LogP contribution in [0.3, 0.4) is 0 Å². The van der Waals surface area contributed by atoms with Crippen molar-refractivity contribution in [1.29, 1.82) is 0 Å². The maximum Gasteiger partial charge on any atom is 0.330 e. The van der Waals surface area contributed by atoms with Crippen molar-refractivity contribution in [2.24, 2.45) is 5.92 Å². The van der Waals surface area contributed by atoms with Crippen molar-refractivity contribution < 1.29 is 4.79 Å². The Hall–Kier alpha value is -2.11. The summed E-state index contributed by atoms with van der Waals surface area (Å²) in [5.74, 6) is 0.736. The van der Waals surface area contributed by atoms with Gasteiger partial charge in [0.2, 0.25) is 5.91 Å². The Kier molecular flexibility index (Phi) is 4.36. The molecule has 0 aromatic carbocycles. The van der Waals surface area contributed by atoms with Crippen molar-refractivity contribution in [3.63, 3.8) is 0 Å². The minimum atomic E-state index is -0.137. The van der Waals surface area contributed by atoms with Gasteiger partial charge in [0, 0.05) is 25.3 Å². The third-order valence-electron chi connectivity index (χ3n) is 5.95. The zero-order valence-corrected chi connectivity index (χ0v) is 14.9. The van der Waals surface area contributed by atoms with Crippen molar-refractivity contribution in [2.75, 3.05) is 6.54 Å². The zero-order valence-electron chi connectivity index (χ0n) is 14.9. The summed E-state index contributed by atoms with van der Waals surface area (Å²) in [7, 11) is 0. The largest absolute Gasteiger partial charge is 0.338 e. The van der Waals surface area contributed by atoms with Crippen molar-refractivity contribution in [3.8, 4) is 0 Å². The number of hydrogen-bond acceptors (Lipinski definition) is 3. The predicted molar refractivity (Wildman–Crippen MR) is 96.4 cm³/mol. The summed E-state index contributed by atoms with van der Waals surface area (Å²) in [5.41, 5.74) is 1.28. The first-order chi connectivity index (χ1) is 12.2. The maximum absolute atomic E-state index is 13.1. The zero-order chi connectivity index (χ0) is 17.4. The standard InChI is InChI=1S/C19H26N4O2/c1-2-21-18-16(10-5-11-20-18)23(19(21)25)13-17(24)22-12-6-8-14-7-3-4-9-15(14)22/h5,10-11,14-15H,2-4,6-9,12-13H2,1H3/t14-,15-/m1/s1. The molecule has 2 aromatic heterocycles. The highest BCUT2D eigenvalue weighted by Gasteiger charge is 2.35. The van der Waals surface area contributed by atoms with E-state index in [2.05, 4.69) is 9.88 Å². The van der Waals surface area contributed by atoms with E-state index >= 15 is 0 Å². The second-order valence-electron chi connectivity index (χ2n) is 7.30. The molecule has 1 saturated carbocycles. The predicted octanol–water partition coefficient (Wildman–Crippen LogP) is 2.40. The molecule has 1 saturated heterocycles. The van der Waals surface area contributed by atoms with Gasteiger partial charge in [0.1, 0.15) is 6.54 Å². The normalized spacial score (nSPS) is 23.6. The smallest absolute Gasteiger partial charge is 0.330 e. The van der Waals surface area contributed by atoms with Crippen LogP contribution in [0.2, 0.25) is 0 Å². The molecule has 0 radical (unpaired) electrons. The highest BCUT2D eigenvalue weighted by atomic mass is 16.2. The first-order valence-electron chi connectivity index (χ1n) is 9.54. The lowest BCUT2D eigenvalue weighted by molar-refractivity contribution is -0.138. The second-order valence-corrected chi connectivity index (χ2v) is 7.30. The number of aryl methyl sites for hydroxylation is 1. The van der Waals surface area contributed by atoms with Gasteiger partial charge in [-0.1, -0.05) is 12.8 Å². The number of amides is 1. The number of nitrogens with zero attached hydrogens (tertiary/aromatic N) is 4. The van der Waals surface area contributed by atoms with Crippen LogP contribution in [0.15, 0.2) is 23.1 Å². The van der Waals surface area contributed by atoms with Crippen LogP contribution in [0.4, 0.5) is 0 Å². The molecule has 1 aliphatic carbocycles. The molecule has 0 spiro atoms. The number of aromatic nitrogens is 3. The van der Waals surface area contributed by atoms with Gasteiger partial charge in [-0.05, 0) is 50.7 Å². The lowest BCUT2D eigenvalue weighted by Crippen LogP contribution is -2.51. The Bertz CT molecular complexity index is 836. The summed E-state index contributed by atoms with van der Waals surface area (Å²) in [6, 6.07) is 4.08. The van der Waals surface area contributed by atoms with E-state index in [0.717, 1.165) is 24.9 Å². The van der Waals surface area contributed by atoms with Crippen LogP contribution >= 0.6 is 0 Å². The molecule has 134 valence electrons. The quantitative estimate of drug-likeness (QED) is 0.860. The number of hydrogen-bond donors (Lipinski definition) is 0. The molecule has 2 atom stereocenters. The average molecular weight is 342 g/mol. The van der Waals surface area contributed by atoms with Crippen molar-refractivity contribution in [3.05, 3.63) is 28.8 Å². The Morgan fingerprint density at radius 2 is 2.00 bits per heavy atom. The number of likely N-dealkylation sites (tertiary alicyclic amines) is 1. The van der Waals surface area contributed by atoms with Gasteiger partial charge >= 0.3 is 5.69 Å². The first-order valence-corrected chi connectivity index (χ1v) is 9.54. The van der Waals surface area contributed by atoms with Crippen LogP contribution in [-0.2, 0) is 17.9 Å². The van der Waals surface area contributed by atoms with Gasteiger partial charge in [0.25, 0.3) is 0 Å². The van der Waals surface area contributed by atoms with Crippen LogP contribution < -0.4 is 5.69 Å². The highest BCUT2D eigenvalue weighted by Crippen LogP contribution is 2.35. The second kappa shape index (κ2) is 6.65. The minimum Gasteiger partial charge on any atom is -0.338 e. The number of piperidine rings is 1. The van der Waals surface area contributed by atoms with E-state index in [1.54, 1.807) is 15.3 Å². The van der Waals surface area contributed by atoms with Gasteiger partial charge in [-0.15, -0.1) is 0 Å². The number of pyridine rings is 1. The van der Waals surface area contributed by atoms with Crippen molar-refractivity contribution in [1.82, 2.24) is 19.0 Å². The molecule has 1 amide bonds. The molecule has 6 heteroatoms. The van der Waals surface area contributed by atoms with E-state index < -0.39 is 0 Å². The topological polar surface area (TPSA) is 60.1 Å². The van der Waals surface area contributed by atoms with Gasteiger partial charge < -0.3 is 4.90 Å². The number of carbonyl (C=O) groups excluding carboxylic acids is 1. The molecule has 2 fully saturated rings. The molecule has 2 aromatic rings. The number of fused-ring (bicyclic) bond motifs is 2. The number of carbonyl (C=O) groups is 1. The summed E-state index contributed by atoms with van der Waals surface area (Å²) in [5, 5.41) is 0. The van der Waals surface area contributed by atoms with E-state index in [1.807, 2.05) is 19.1 Å². The van der Waals surface area contributed by atoms with Crippen LogP contribution in [0.1, 0.15) is 45.4 Å². The molecule has 0 unspecified atom stereocenters. The molecule has 25 heavy (non-hydrogen) atoms. The van der Waals surface area contributed by atoms with E-state index in [-0.39, 0.29) is 18.1 Å². The van der Waals surface area contributed by atoms with E-state index in [0.29, 0.717) is 24.2 Å². The fourth-order valence-corrected chi connectivity index (χ4v) is 4.74. The van der Waals surface area contributed by atoms with Crippen molar-refractivity contribution >= 4 is 17.1 Å². The molecule has 0 N–H and O–H groups in total. The van der Waals surface area contributed by atoms with Crippen molar-refractivity contribution in [2.45, 2.75) is 64.6 Å². The lowest BCUT2D eigenvalue weighted by atomic mass is 9.78. The van der Waals surface area contributed by atoms with Crippen LogP contribution in [0.25, 0.3) is 11.2 Å². The molecule has 3 heterocycles. The fourth-order valence-electron chi connectivity index (χ4n) is 4.74. The minimum absolute atomic E-state index is 0.0812. The number of imidazole rings is 1. The van der Waals surface area contributed by atoms with Gasteiger partial charge in [-0.2, -0.15) is 0 Å². The highest BCUT2D eigenvalue weighted by molar-refractivity contribution is 5.79. The Labute approximate surface area is 147 Å². The van der Waals surface area contributed by atoms with Gasteiger partial charge in [0.05, 0.1) is 5.52 Å². The molecule has 4 rings (SSSR count). The molecule has 6 nitrogen and oxygen atoms in total. The van der Waals surface area contributed by atoms with Gasteiger partial charge in [-0.25, -0.2) is 9.78 Å². The molecule has 1 aliphatic heterocycles. The molecular formula is C19H26N4O2. The van der Waals surface area contributed by atoms with E-state index in [4.69, 9.17) is 0 Å². The first kappa shape index (κ1) is 16.4. The Morgan fingerprint density at radius 1 is 1.20 bits per heavy atom. The third kappa shape index (κ3) is 2.77. The third-order valence-corrected chi connectivity index (χ3v) is 5.95. The Balaban J connectivity index is 1.64. The maximum atomic E-state index is 13.1. The van der Waals surface area contributed by atoms with Gasteiger partial charge in [0.15, 0.2) is 5.65 Å². The van der Waals surface area contributed by atoms with Crippen LogP contribution in [-0.4, -0.2) is 37.5 Å². The van der Waals surface area contributed by atoms with E-state index in [9.17, 15) is 9.59 Å². The average Bonchev–Trinajstić information content (AvgIpc) is 2.92. The fraction of sp³-hybridized carbons (Fsp3) is 0.632. The van der Waals surface area contributed by atoms with E-state index in [1.165, 1.54) is 25.7 Å². The van der Waals surface area contributed by atoms with Gasteiger partial charge in [-0.3, -0.25) is 13.9 Å². The van der Waals surface area contributed by atoms with Crippen LogP contribution in [0, 0.1) is 5.92 Å². The summed E-state index contributed by atoms with van der Waals surface area (Å²) in [6.45, 7) is 3.44. The molecular weight excluding hydrogens is 316 g/mol. The summed E-state index contributed by atoms with van der Waals surface area (Å²) in [4.78, 5) is 32.2. The number of rotatable bonds is 3. The summed E-state index contributed by atoms with van der Waals surface area (Å²) < 4.78 is 3.24. The molecule has 2 aliphatic rings. The summed E-state index contributed by atoms with van der Waals surface area (Å²) in [6.07, 6.45) is 8.88. The Morgan fingerprint density at radius 3 is 2.84 bits per heavy atom. The summed E-state index contributed by atoms with van der Waals surface area (Å²) >= 11 is 0.